The molecule has 1 atom stereocenters. The monoisotopic (exact) mass is 729 g/mol. The molecule has 0 spiro atoms. The summed E-state index contributed by atoms with van der Waals surface area (Å²) in [6.07, 6.45) is 3.12. The van der Waals surface area contributed by atoms with E-state index in [0.29, 0.717) is 71.3 Å². The van der Waals surface area contributed by atoms with E-state index in [1.165, 1.54) is 0 Å². The highest BCUT2D eigenvalue weighted by Gasteiger charge is 2.19. The molecule has 1 heterocycles. The number of hydrogen-bond donors (Lipinski definition) is 5. The number of anilines is 1. The van der Waals surface area contributed by atoms with Gasteiger partial charge in [0.05, 0.1) is 58.6 Å². The molecular weight excluding hydrogens is 678 g/mol. The largest absolute Gasteiger partial charge is 0.491 e. The quantitative estimate of drug-likeness (QED) is 0.0600. The van der Waals surface area contributed by atoms with Crippen LogP contribution in [0, 0.1) is 6.92 Å². The SMILES string of the molecule is Cc1ccnc(NCCCCC(=O)NCC(=O)N[C@@H](CC(=O)O)c2ccc(-c3ccc(OCCOCCOCCOCCN)c4ccccc34)cc2)c1. The van der Waals surface area contributed by atoms with Crippen LogP contribution in [0.25, 0.3) is 21.9 Å². The van der Waals surface area contributed by atoms with Gasteiger partial charge in [-0.2, -0.15) is 0 Å². The molecule has 1 aromatic heterocycles. The Labute approximate surface area is 310 Å². The summed E-state index contributed by atoms with van der Waals surface area (Å²) in [6, 6.07) is 22.4. The first-order valence-corrected chi connectivity index (χ1v) is 18.0. The van der Waals surface area contributed by atoms with Crippen molar-refractivity contribution in [3.8, 4) is 16.9 Å². The number of carboxylic acid groups (broad SMARTS) is 1. The van der Waals surface area contributed by atoms with Gasteiger partial charge in [-0.3, -0.25) is 14.4 Å². The maximum absolute atomic E-state index is 12.8. The van der Waals surface area contributed by atoms with E-state index in [-0.39, 0.29) is 25.3 Å². The number of fused-ring (bicyclic) bond motifs is 1. The zero-order valence-corrected chi connectivity index (χ0v) is 30.3. The fourth-order valence-electron chi connectivity index (χ4n) is 5.58. The Morgan fingerprint density at radius 3 is 2.21 bits per heavy atom. The molecule has 284 valence electrons. The van der Waals surface area contributed by atoms with Crippen LogP contribution >= 0.6 is 0 Å². The standard InChI is InChI=1S/C40H51N5O8/c1-29-15-18-43-37(26-29)42-17-5-4-8-38(46)44-28-39(47)45-35(27-40(48)49)31-11-9-30(10-12-31)32-13-14-36(34-7-3-2-6-33(32)34)53-25-24-52-23-22-51-21-20-50-19-16-41/h2-3,6-7,9-15,18,26,35H,4-5,8,16-17,19-25,27-28,41H2,1H3,(H,42,43)(H,44,46)(H,45,47)(H,48,49)/t35-/m0/s1. The van der Waals surface area contributed by atoms with Gasteiger partial charge >= 0.3 is 5.97 Å². The highest BCUT2D eigenvalue weighted by molar-refractivity contribution is 6.00. The predicted molar refractivity (Wildman–Crippen MR) is 204 cm³/mol. The fourth-order valence-corrected chi connectivity index (χ4v) is 5.58. The predicted octanol–water partition coefficient (Wildman–Crippen LogP) is 4.63. The topological polar surface area (TPSA) is 183 Å². The number of aryl methyl sites for hydroxylation is 1. The van der Waals surface area contributed by atoms with Gasteiger partial charge in [-0.1, -0.05) is 54.6 Å². The number of aliphatic carboxylic acids is 1. The molecule has 13 nitrogen and oxygen atoms in total. The van der Waals surface area contributed by atoms with Gasteiger partial charge in [0, 0.05) is 31.1 Å². The molecule has 13 heteroatoms. The second-order valence-corrected chi connectivity index (χ2v) is 12.4. The Kier molecular flexibility index (Phi) is 17.5. The maximum Gasteiger partial charge on any atom is 0.305 e. The minimum absolute atomic E-state index is 0.243. The molecule has 3 aromatic carbocycles. The lowest BCUT2D eigenvalue weighted by Gasteiger charge is -2.19. The molecule has 2 amide bonds. The summed E-state index contributed by atoms with van der Waals surface area (Å²) in [6.45, 7) is 6.16. The van der Waals surface area contributed by atoms with Crippen molar-refractivity contribution in [2.45, 2.75) is 38.6 Å². The van der Waals surface area contributed by atoms with E-state index in [4.69, 9.17) is 24.7 Å². The number of nitrogens with two attached hydrogens (primary N) is 1. The van der Waals surface area contributed by atoms with Crippen LogP contribution < -0.4 is 26.4 Å². The third-order valence-corrected chi connectivity index (χ3v) is 8.21. The normalized spacial score (nSPS) is 11.6. The van der Waals surface area contributed by atoms with Gasteiger partial charge in [-0.05, 0) is 65.6 Å². The second kappa shape index (κ2) is 22.8. The molecule has 6 N–H and O–H groups in total. The molecule has 0 aliphatic rings. The van der Waals surface area contributed by atoms with E-state index in [0.717, 1.165) is 45.5 Å². The van der Waals surface area contributed by atoms with E-state index in [1.807, 2.05) is 79.7 Å². The molecular formula is C40H51N5O8. The van der Waals surface area contributed by atoms with Crippen LogP contribution in [-0.2, 0) is 28.6 Å². The number of nitrogens with one attached hydrogen (secondary N) is 3. The van der Waals surface area contributed by atoms with Crippen LogP contribution in [0.5, 0.6) is 5.75 Å². The third-order valence-electron chi connectivity index (χ3n) is 8.21. The summed E-state index contributed by atoms with van der Waals surface area (Å²) in [7, 11) is 0. The van der Waals surface area contributed by atoms with E-state index in [1.54, 1.807) is 6.20 Å². The molecule has 0 fully saturated rings. The number of carbonyl (C=O) groups excluding carboxylic acids is 2. The molecule has 0 aliphatic heterocycles. The lowest BCUT2D eigenvalue weighted by molar-refractivity contribution is -0.138. The van der Waals surface area contributed by atoms with Crippen LogP contribution in [0.15, 0.2) is 79.0 Å². The Bertz CT molecular complexity index is 1740. The van der Waals surface area contributed by atoms with Crippen molar-refractivity contribution in [1.82, 2.24) is 15.6 Å². The van der Waals surface area contributed by atoms with Gasteiger partial charge in [-0.15, -0.1) is 0 Å². The first kappa shape index (κ1) is 40.7. The van der Waals surface area contributed by atoms with Gasteiger partial charge in [0.2, 0.25) is 11.8 Å². The number of ether oxygens (including phenoxy) is 4. The second-order valence-electron chi connectivity index (χ2n) is 12.4. The highest BCUT2D eigenvalue weighted by Crippen LogP contribution is 2.35. The van der Waals surface area contributed by atoms with Gasteiger partial charge in [0.15, 0.2) is 0 Å². The molecule has 0 saturated carbocycles. The average molecular weight is 730 g/mol. The number of aromatic nitrogens is 1. The summed E-state index contributed by atoms with van der Waals surface area (Å²) >= 11 is 0. The molecule has 0 saturated heterocycles. The summed E-state index contributed by atoms with van der Waals surface area (Å²) in [4.78, 5) is 41.1. The van der Waals surface area contributed by atoms with Crippen LogP contribution in [-0.4, -0.2) is 93.8 Å². The van der Waals surface area contributed by atoms with Crippen LogP contribution in [0.4, 0.5) is 5.82 Å². The maximum atomic E-state index is 12.8. The molecule has 4 aromatic rings. The highest BCUT2D eigenvalue weighted by atomic mass is 16.6. The van der Waals surface area contributed by atoms with Gasteiger partial charge in [0.25, 0.3) is 0 Å². The first-order chi connectivity index (χ1) is 25.8. The molecule has 0 aliphatic carbocycles. The fraction of sp³-hybridized carbons (Fsp3) is 0.400. The van der Waals surface area contributed by atoms with Crippen molar-refractivity contribution in [3.63, 3.8) is 0 Å². The Balaban J connectivity index is 1.25. The van der Waals surface area contributed by atoms with E-state index in [9.17, 15) is 19.5 Å². The number of rotatable bonds is 25. The average Bonchev–Trinajstić information content (AvgIpc) is 3.15. The van der Waals surface area contributed by atoms with Gasteiger partial charge < -0.3 is 45.7 Å². The number of benzene rings is 3. The van der Waals surface area contributed by atoms with Crippen molar-refractivity contribution in [2.24, 2.45) is 5.73 Å². The summed E-state index contributed by atoms with van der Waals surface area (Å²) in [5, 5.41) is 20.2. The van der Waals surface area contributed by atoms with Crippen molar-refractivity contribution in [3.05, 3.63) is 90.1 Å². The number of carboxylic acids is 1. The smallest absolute Gasteiger partial charge is 0.305 e. The summed E-state index contributed by atoms with van der Waals surface area (Å²) in [5.74, 6) is -0.232. The minimum atomic E-state index is -1.05. The molecule has 0 radical (unpaired) electrons. The number of hydrogen-bond acceptors (Lipinski definition) is 10. The lowest BCUT2D eigenvalue weighted by Crippen LogP contribution is -2.39. The Morgan fingerprint density at radius 1 is 0.811 bits per heavy atom. The number of unbranched alkanes of at least 4 members (excludes halogenated alkanes) is 1. The van der Waals surface area contributed by atoms with Crippen molar-refractivity contribution >= 4 is 34.4 Å². The van der Waals surface area contributed by atoms with E-state index in [2.05, 4.69) is 20.9 Å². The van der Waals surface area contributed by atoms with Crippen molar-refractivity contribution < 1.29 is 38.4 Å². The zero-order chi connectivity index (χ0) is 37.7. The van der Waals surface area contributed by atoms with Crippen LogP contribution in [0.1, 0.15) is 42.9 Å². The summed E-state index contributed by atoms with van der Waals surface area (Å²) < 4.78 is 22.4. The van der Waals surface area contributed by atoms with Crippen LogP contribution in [0.3, 0.4) is 0 Å². The first-order valence-electron chi connectivity index (χ1n) is 18.0. The third kappa shape index (κ3) is 14.5. The Hall–Kier alpha value is -5.08. The lowest BCUT2D eigenvalue weighted by atomic mass is 9.95. The van der Waals surface area contributed by atoms with Crippen molar-refractivity contribution in [2.75, 3.05) is 71.2 Å². The van der Waals surface area contributed by atoms with Crippen LogP contribution in [0.2, 0.25) is 0 Å². The number of nitrogens with zero attached hydrogens (tertiary/aromatic N) is 1. The van der Waals surface area contributed by atoms with E-state index < -0.39 is 17.9 Å². The number of carbonyl (C=O) groups is 3. The molecule has 53 heavy (non-hydrogen) atoms. The van der Waals surface area contributed by atoms with Crippen molar-refractivity contribution in [1.29, 1.82) is 0 Å². The van der Waals surface area contributed by atoms with Gasteiger partial charge in [0.1, 0.15) is 18.2 Å². The molecule has 0 unspecified atom stereocenters. The number of amides is 2. The van der Waals surface area contributed by atoms with E-state index >= 15 is 0 Å². The summed E-state index contributed by atoms with van der Waals surface area (Å²) in [5.41, 5.74) is 9.04. The van der Waals surface area contributed by atoms with Gasteiger partial charge in [-0.25, -0.2) is 4.98 Å². The molecule has 0 bridgehead atoms. The molecule has 4 rings (SSSR count). The minimum Gasteiger partial charge on any atom is -0.491 e. The zero-order valence-electron chi connectivity index (χ0n) is 30.3. The number of pyridine rings is 1. The Morgan fingerprint density at radius 2 is 1.51 bits per heavy atom.